The molecule has 0 aliphatic carbocycles. The van der Waals surface area contributed by atoms with E-state index in [0.29, 0.717) is 0 Å². The van der Waals surface area contributed by atoms with Crippen LogP contribution in [-0.2, 0) is 82.0 Å². The Labute approximate surface area is 699 Å². The minimum absolute atomic E-state index is 0. The van der Waals surface area contributed by atoms with Gasteiger partial charge in [-0.15, -0.1) is 107 Å². The SMILES string of the molecule is CC(C)(C)c1c[c-]c(-c2cc(-n3c4ccc(-c5ccccc5)cc4c4cc(C(C)(C)C)ccc43)ccn2)cc1.CC(C)(C)c1ccc2c(c1)c1cc(C(C)(C)C)ccc1n2-c1ccnc(-c2[c-]cccc2)c1.[Ir].[Ir].[Ir].[c-]1ccccc1-c1cc(-n2c3ccc(-c4ccccc4)cc3c3cc(-c4ccccc4)ccc32)ccn1. The number of hydrogen-bond acceptors (Lipinski definition) is 3. The number of pyridine rings is 3. The van der Waals surface area contributed by atoms with Crippen LogP contribution in [0.1, 0.15) is 105 Å². The van der Waals surface area contributed by atoms with Gasteiger partial charge in [-0.1, -0.05) is 229 Å². The van der Waals surface area contributed by atoms with Gasteiger partial charge in [0.25, 0.3) is 0 Å². The Morgan fingerprint density at radius 2 is 0.500 bits per heavy atom. The zero-order chi connectivity index (χ0) is 75.3. The summed E-state index contributed by atoms with van der Waals surface area (Å²) in [5, 5.41) is 7.60. The Morgan fingerprint density at radius 3 is 0.768 bits per heavy atom. The van der Waals surface area contributed by atoms with Crippen molar-refractivity contribution >= 4 is 65.4 Å². The molecule has 0 bridgehead atoms. The molecule has 18 rings (SSSR count). The van der Waals surface area contributed by atoms with Crippen molar-refractivity contribution in [1.29, 1.82) is 0 Å². The molecule has 3 radical (unpaired) electrons. The zero-order valence-corrected chi connectivity index (χ0v) is 72.5. The first-order chi connectivity index (χ1) is 52.6. The zero-order valence-electron chi connectivity index (χ0n) is 65.3. The Balaban J connectivity index is 0.000000146. The van der Waals surface area contributed by atoms with E-state index in [1.54, 1.807) is 0 Å². The van der Waals surface area contributed by atoms with Gasteiger partial charge in [-0.3, -0.25) is 0 Å². The summed E-state index contributed by atoms with van der Waals surface area (Å²) in [5.74, 6) is 0. The van der Waals surface area contributed by atoms with Gasteiger partial charge < -0.3 is 28.7 Å². The quantitative estimate of drug-likeness (QED) is 0.135. The third-order valence-corrected chi connectivity index (χ3v) is 21.1. The van der Waals surface area contributed by atoms with Crippen LogP contribution in [0.15, 0.2) is 322 Å². The van der Waals surface area contributed by atoms with Gasteiger partial charge in [-0.05, 0) is 180 Å². The van der Waals surface area contributed by atoms with E-state index in [1.807, 2.05) is 55.0 Å². The first kappa shape index (κ1) is 79.5. The van der Waals surface area contributed by atoms with Crippen LogP contribution in [0, 0.1) is 18.2 Å². The van der Waals surface area contributed by atoms with Crippen LogP contribution in [-0.4, -0.2) is 28.7 Å². The molecule has 0 saturated carbocycles. The summed E-state index contributed by atoms with van der Waals surface area (Å²) in [6, 6.07) is 118. The minimum atomic E-state index is 0. The van der Waals surface area contributed by atoms with Gasteiger partial charge in [-0.2, -0.15) is 0 Å². The first-order valence-electron chi connectivity index (χ1n) is 37.9. The van der Waals surface area contributed by atoms with E-state index in [9.17, 15) is 0 Å². The molecule has 0 atom stereocenters. The van der Waals surface area contributed by atoms with Crippen LogP contribution in [0.25, 0.3) is 150 Å². The average Bonchev–Trinajstić information content (AvgIpc) is 1.60. The van der Waals surface area contributed by atoms with Gasteiger partial charge in [-0.25, -0.2) is 0 Å². The Hall–Kier alpha value is -10.6. The van der Waals surface area contributed by atoms with E-state index in [-0.39, 0.29) is 82.0 Å². The molecule has 0 saturated heterocycles. The molecule has 6 nitrogen and oxygen atoms in total. The molecule has 12 aromatic carbocycles. The van der Waals surface area contributed by atoms with E-state index in [1.165, 1.54) is 121 Å². The van der Waals surface area contributed by atoms with Gasteiger partial charge in [0, 0.05) is 128 Å². The molecule has 6 aromatic heterocycles. The van der Waals surface area contributed by atoms with Crippen molar-refractivity contribution in [2.75, 3.05) is 0 Å². The molecule has 0 aliphatic rings. The number of fused-ring (bicyclic) bond motifs is 9. The summed E-state index contributed by atoms with van der Waals surface area (Å²) in [6.45, 7) is 27.2. The number of hydrogen-bond donors (Lipinski definition) is 0. The normalized spacial score (nSPS) is 11.7. The largest absolute Gasteiger partial charge is 0.310 e. The number of nitrogens with zero attached hydrogens (tertiary/aromatic N) is 6. The Morgan fingerprint density at radius 1 is 0.232 bits per heavy atom. The van der Waals surface area contributed by atoms with Gasteiger partial charge in [0.1, 0.15) is 0 Å². The molecular formula is C103H89Ir3N6-3. The third-order valence-electron chi connectivity index (χ3n) is 21.1. The second kappa shape index (κ2) is 32.6. The fourth-order valence-corrected chi connectivity index (χ4v) is 15.0. The van der Waals surface area contributed by atoms with E-state index >= 15 is 0 Å². The standard InChI is InChI=1S/C37H35N2.C35H23N2.C31H31N2.3Ir/c1-36(2,3)28-15-12-26(13-16-28)33-24-30(20-21-38-33)39-34-18-14-27(25-10-8-7-9-11-25)22-31(34)32-23-29(37(4,5)6)17-19-35(32)39;1-4-10-25(11-5-1)28-16-18-34-31(22-28)32-23-29(26-12-6-2-7-13-26)17-19-35(32)37(34)30-20-21-36-33(24-30)27-14-8-3-9-15-27;1-30(2,3)22-12-14-28-25(18-22)26-19-23(31(4,5)6)13-15-29(26)33(28)24-16-17-32-27(20-24)21-10-8-7-9-11-21;;;/h7-12,14-24H,1-6H3;1-14,16-24H;7-10,12-20H,1-6H3;;;/q3*-1;;;. The van der Waals surface area contributed by atoms with Crippen LogP contribution < -0.4 is 0 Å². The molecule has 0 spiro atoms. The predicted octanol–water partition coefficient (Wildman–Crippen LogP) is 27.1. The van der Waals surface area contributed by atoms with Crippen molar-refractivity contribution in [1.82, 2.24) is 28.7 Å². The van der Waals surface area contributed by atoms with Crippen molar-refractivity contribution < 1.29 is 60.3 Å². The molecule has 561 valence electrons. The Bertz CT molecular complexity index is 6190. The number of benzene rings is 12. The predicted molar refractivity (Wildman–Crippen MR) is 460 cm³/mol. The summed E-state index contributed by atoms with van der Waals surface area (Å²) in [7, 11) is 0. The Kier molecular flexibility index (Phi) is 23.2. The van der Waals surface area contributed by atoms with Crippen molar-refractivity contribution in [3.8, 4) is 84.2 Å². The summed E-state index contributed by atoms with van der Waals surface area (Å²) < 4.78 is 7.10. The van der Waals surface area contributed by atoms with Crippen LogP contribution in [0.5, 0.6) is 0 Å². The fraction of sp³-hybridized carbons (Fsp3) is 0.155. The second-order valence-corrected chi connectivity index (χ2v) is 32.7. The summed E-state index contributed by atoms with van der Waals surface area (Å²) in [5.41, 5.74) is 29.2. The molecule has 0 aliphatic heterocycles. The smallest absolute Gasteiger partial charge is 0.0541 e. The first-order valence-corrected chi connectivity index (χ1v) is 37.9. The molecule has 0 amide bonds. The van der Waals surface area contributed by atoms with Crippen molar-refractivity contribution in [2.24, 2.45) is 0 Å². The van der Waals surface area contributed by atoms with Crippen molar-refractivity contribution in [2.45, 2.75) is 105 Å². The molecule has 112 heavy (non-hydrogen) atoms. The van der Waals surface area contributed by atoms with E-state index in [0.717, 1.165) is 50.8 Å². The van der Waals surface area contributed by atoms with Crippen LogP contribution >= 0.6 is 0 Å². The minimum Gasteiger partial charge on any atom is -0.310 e. The second-order valence-electron chi connectivity index (χ2n) is 32.7. The van der Waals surface area contributed by atoms with E-state index < -0.39 is 0 Å². The van der Waals surface area contributed by atoms with Gasteiger partial charge in [0.15, 0.2) is 0 Å². The molecule has 18 aromatic rings. The van der Waals surface area contributed by atoms with Gasteiger partial charge in [0.2, 0.25) is 0 Å². The molecule has 0 unspecified atom stereocenters. The summed E-state index contributed by atoms with van der Waals surface area (Å²) >= 11 is 0. The third kappa shape index (κ3) is 16.3. The van der Waals surface area contributed by atoms with Crippen LogP contribution in [0.4, 0.5) is 0 Å². The maximum Gasteiger partial charge on any atom is 0.0541 e. The topological polar surface area (TPSA) is 53.5 Å². The van der Waals surface area contributed by atoms with Crippen molar-refractivity contribution in [3.63, 3.8) is 0 Å². The van der Waals surface area contributed by atoms with Crippen LogP contribution in [0.2, 0.25) is 0 Å². The maximum atomic E-state index is 4.73. The number of aromatic nitrogens is 6. The van der Waals surface area contributed by atoms with Crippen molar-refractivity contribution in [3.05, 3.63) is 362 Å². The molecule has 0 fully saturated rings. The molecule has 0 N–H and O–H groups in total. The van der Waals surface area contributed by atoms with Gasteiger partial charge in [0.05, 0.1) is 33.1 Å². The maximum absolute atomic E-state index is 4.73. The summed E-state index contributed by atoms with van der Waals surface area (Å²) in [6.07, 6.45) is 5.70. The van der Waals surface area contributed by atoms with Gasteiger partial charge >= 0.3 is 0 Å². The van der Waals surface area contributed by atoms with Crippen LogP contribution in [0.3, 0.4) is 0 Å². The molecular weight excluding hydrogens is 1900 g/mol. The fourth-order valence-electron chi connectivity index (χ4n) is 15.0. The summed E-state index contributed by atoms with van der Waals surface area (Å²) in [4.78, 5) is 14.0. The molecule has 9 heteroatoms. The average molecular weight is 1990 g/mol. The van der Waals surface area contributed by atoms with E-state index in [2.05, 4.69) is 392 Å². The molecule has 6 heterocycles. The monoisotopic (exact) mass is 1990 g/mol. The number of rotatable bonds is 9. The van der Waals surface area contributed by atoms with E-state index in [4.69, 9.17) is 4.98 Å².